The highest BCUT2D eigenvalue weighted by Crippen LogP contribution is 2.18. The highest BCUT2D eigenvalue weighted by molar-refractivity contribution is 8.02. The van der Waals surface area contributed by atoms with Crippen LogP contribution in [0.3, 0.4) is 0 Å². The summed E-state index contributed by atoms with van der Waals surface area (Å²) >= 11 is 1.54. The van der Waals surface area contributed by atoms with Gasteiger partial charge in [0.15, 0.2) is 0 Å². The minimum atomic E-state index is -0.680. The summed E-state index contributed by atoms with van der Waals surface area (Å²) in [5.74, 6) is 0. The molecule has 2 aromatic carbocycles. The molecule has 2 N–H and O–H groups in total. The summed E-state index contributed by atoms with van der Waals surface area (Å²) in [5, 5.41) is 21.6. The summed E-state index contributed by atoms with van der Waals surface area (Å²) < 4.78 is 5.47. The first-order valence-corrected chi connectivity index (χ1v) is 8.48. The molecule has 23 heavy (non-hydrogen) atoms. The predicted molar refractivity (Wildman–Crippen MR) is 94.2 cm³/mol. The Bertz CT molecular complexity index is 572. The number of hydrogen-bond donors (Lipinski definition) is 2. The standard InChI is InChI=1S/C19H22O3S/c20-17(11-12-23-19-9-5-2-6-10-19)13-18(21)15-22-14-16-7-3-1-4-8-16/h1-12,17-18,20-21H,13-15H2/b12-11+/t17-,18-/m1/s1. The minimum absolute atomic E-state index is 0.214. The Morgan fingerprint density at radius 1 is 0.957 bits per heavy atom. The fraction of sp³-hybridized carbons (Fsp3) is 0.263. The van der Waals surface area contributed by atoms with Gasteiger partial charge in [-0.05, 0) is 29.2 Å². The van der Waals surface area contributed by atoms with Crippen molar-refractivity contribution in [3.05, 3.63) is 77.7 Å². The first-order valence-electron chi connectivity index (χ1n) is 7.60. The van der Waals surface area contributed by atoms with Gasteiger partial charge in [-0.15, -0.1) is 0 Å². The molecule has 0 spiro atoms. The van der Waals surface area contributed by atoms with E-state index in [4.69, 9.17) is 4.74 Å². The molecule has 4 heteroatoms. The minimum Gasteiger partial charge on any atom is -0.391 e. The molecule has 2 rings (SSSR count). The van der Waals surface area contributed by atoms with Gasteiger partial charge < -0.3 is 14.9 Å². The van der Waals surface area contributed by atoms with Crippen LogP contribution in [0.5, 0.6) is 0 Å². The third kappa shape index (κ3) is 7.48. The second-order valence-electron chi connectivity index (χ2n) is 5.22. The molecule has 0 heterocycles. The molecule has 3 nitrogen and oxygen atoms in total. The van der Waals surface area contributed by atoms with E-state index in [-0.39, 0.29) is 13.0 Å². The van der Waals surface area contributed by atoms with Crippen LogP contribution in [0, 0.1) is 0 Å². The van der Waals surface area contributed by atoms with Crippen LogP contribution in [0.4, 0.5) is 0 Å². The fourth-order valence-corrected chi connectivity index (χ4v) is 2.75. The van der Waals surface area contributed by atoms with Gasteiger partial charge >= 0.3 is 0 Å². The first-order chi connectivity index (χ1) is 11.2. The van der Waals surface area contributed by atoms with E-state index in [2.05, 4.69) is 0 Å². The Morgan fingerprint density at radius 2 is 1.61 bits per heavy atom. The van der Waals surface area contributed by atoms with Crippen LogP contribution in [0.15, 0.2) is 77.0 Å². The molecule has 0 bridgehead atoms. The van der Waals surface area contributed by atoms with Crippen LogP contribution in [0.2, 0.25) is 0 Å². The molecule has 0 unspecified atom stereocenters. The van der Waals surface area contributed by atoms with Gasteiger partial charge in [-0.3, -0.25) is 0 Å². The van der Waals surface area contributed by atoms with E-state index in [0.717, 1.165) is 10.5 Å². The smallest absolute Gasteiger partial charge is 0.0801 e. The number of rotatable bonds is 9. The van der Waals surface area contributed by atoms with Gasteiger partial charge in [0.25, 0.3) is 0 Å². The zero-order valence-corrected chi connectivity index (χ0v) is 13.7. The second-order valence-corrected chi connectivity index (χ2v) is 6.20. The molecule has 0 saturated heterocycles. The van der Waals surface area contributed by atoms with Gasteiger partial charge in [0.2, 0.25) is 0 Å². The maximum absolute atomic E-state index is 9.90. The Hall–Kier alpha value is -1.59. The Morgan fingerprint density at radius 3 is 2.30 bits per heavy atom. The third-order valence-corrected chi connectivity index (χ3v) is 4.02. The molecule has 0 saturated carbocycles. The van der Waals surface area contributed by atoms with Crippen LogP contribution < -0.4 is 0 Å². The maximum Gasteiger partial charge on any atom is 0.0801 e. The fourth-order valence-electron chi connectivity index (χ4n) is 2.02. The third-order valence-electron chi connectivity index (χ3n) is 3.18. The zero-order chi connectivity index (χ0) is 16.3. The van der Waals surface area contributed by atoms with Crippen LogP contribution in [0.25, 0.3) is 0 Å². The molecule has 0 amide bonds. The van der Waals surface area contributed by atoms with Crippen molar-refractivity contribution in [3.8, 4) is 0 Å². The van der Waals surface area contributed by atoms with Crippen LogP contribution in [-0.2, 0) is 11.3 Å². The number of hydrogen-bond acceptors (Lipinski definition) is 4. The Balaban J connectivity index is 1.63. The van der Waals surface area contributed by atoms with Crippen LogP contribution in [-0.4, -0.2) is 29.0 Å². The number of aliphatic hydroxyl groups is 2. The molecule has 0 aliphatic carbocycles. The SMILES string of the molecule is O[C@@H](COCc1ccccc1)C[C@H](O)/C=C/Sc1ccccc1. The van der Waals surface area contributed by atoms with Crippen LogP contribution in [0.1, 0.15) is 12.0 Å². The second kappa shape index (κ2) is 10.2. The lowest BCUT2D eigenvalue weighted by Gasteiger charge is -2.13. The molecule has 122 valence electrons. The lowest BCUT2D eigenvalue weighted by molar-refractivity contribution is 0.00842. The largest absolute Gasteiger partial charge is 0.391 e. The van der Waals surface area contributed by atoms with E-state index in [1.165, 1.54) is 11.8 Å². The Labute approximate surface area is 141 Å². The van der Waals surface area contributed by atoms with Crippen molar-refractivity contribution in [1.29, 1.82) is 0 Å². The molecule has 0 aliphatic heterocycles. The van der Waals surface area contributed by atoms with Gasteiger partial charge in [-0.1, -0.05) is 60.3 Å². The van der Waals surface area contributed by atoms with Crippen LogP contribution >= 0.6 is 11.8 Å². The molecule has 2 aromatic rings. The summed E-state index contributed by atoms with van der Waals surface area (Å²) in [6, 6.07) is 19.7. The van der Waals surface area contributed by atoms with Crippen molar-refractivity contribution in [2.24, 2.45) is 0 Å². The Kier molecular flexibility index (Phi) is 7.90. The van der Waals surface area contributed by atoms with Gasteiger partial charge in [0, 0.05) is 11.3 Å². The van der Waals surface area contributed by atoms with Crippen molar-refractivity contribution in [2.45, 2.75) is 30.1 Å². The van der Waals surface area contributed by atoms with E-state index < -0.39 is 12.2 Å². The number of aliphatic hydroxyl groups excluding tert-OH is 2. The molecule has 2 atom stereocenters. The number of benzene rings is 2. The van der Waals surface area contributed by atoms with Crippen molar-refractivity contribution in [1.82, 2.24) is 0 Å². The lowest BCUT2D eigenvalue weighted by atomic mass is 10.1. The van der Waals surface area contributed by atoms with Gasteiger partial charge in [-0.25, -0.2) is 0 Å². The molecule has 0 aromatic heterocycles. The van der Waals surface area contributed by atoms with Crippen molar-refractivity contribution in [3.63, 3.8) is 0 Å². The van der Waals surface area contributed by atoms with Gasteiger partial charge in [0.1, 0.15) is 0 Å². The maximum atomic E-state index is 9.90. The summed E-state index contributed by atoms with van der Waals surface area (Å²) in [6.07, 6.45) is 0.597. The number of thioether (sulfide) groups is 1. The highest BCUT2D eigenvalue weighted by Gasteiger charge is 2.09. The van der Waals surface area contributed by atoms with Gasteiger partial charge in [-0.2, -0.15) is 0 Å². The summed E-state index contributed by atoms with van der Waals surface area (Å²) in [6.45, 7) is 0.680. The quantitative estimate of drug-likeness (QED) is 0.690. The summed E-state index contributed by atoms with van der Waals surface area (Å²) in [5.41, 5.74) is 1.07. The van der Waals surface area contributed by atoms with E-state index in [1.807, 2.05) is 66.1 Å². The monoisotopic (exact) mass is 330 g/mol. The van der Waals surface area contributed by atoms with Crippen molar-refractivity contribution >= 4 is 11.8 Å². The molecular formula is C19H22O3S. The normalized spacial score (nSPS) is 14.0. The summed E-state index contributed by atoms with van der Waals surface area (Å²) in [4.78, 5) is 1.11. The van der Waals surface area contributed by atoms with E-state index >= 15 is 0 Å². The van der Waals surface area contributed by atoms with E-state index in [9.17, 15) is 10.2 Å². The highest BCUT2D eigenvalue weighted by atomic mass is 32.2. The predicted octanol–water partition coefficient (Wildman–Crippen LogP) is 3.62. The van der Waals surface area contributed by atoms with E-state index in [1.54, 1.807) is 6.08 Å². The summed E-state index contributed by atoms with van der Waals surface area (Å²) in [7, 11) is 0. The van der Waals surface area contributed by atoms with Crippen molar-refractivity contribution < 1.29 is 14.9 Å². The molecule has 0 fully saturated rings. The number of ether oxygens (including phenoxy) is 1. The molecular weight excluding hydrogens is 308 g/mol. The van der Waals surface area contributed by atoms with Gasteiger partial charge in [0.05, 0.1) is 25.4 Å². The average molecular weight is 330 g/mol. The molecule has 0 radical (unpaired) electrons. The average Bonchev–Trinajstić information content (AvgIpc) is 2.57. The molecule has 0 aliphatic rings. The first kappa shape index (κ1) is 17.8. The topological polar surface area (TPSA) is 49.7 Å². The zero-order valence-electron chi connectivity index (χ0n) is 12.9. The van der Waals surface area contributed by atoms with E-state index in [0.29, 0.717) is 6.61 Å². The lowest BCUT2D eigenvalue weighted by Crippen LogP contribution is -2.21. The van der Waals surface area contributed by atoms with Crippen molar-refractivity contribution in [2.75, 3.05) is 6.61 Å².